The Morgan fingerprint density at radius 2 is 1.80 bits per heavy atom. The first-order valence-corrected chi connectivity index (χ1v) is 7.15. The molecule has 0 spiro atoms. The summed E-state index contributed by atoms with van der Waals surface area (Å²) in [5, 5.41) is 0. The molecule has 1 fully saturated rings. The molecule has 90 valence electrons. The Kier molecular flexibility index (Phi) is 6.06. The minimum atomic E-state index is 0.803. The highest BCUT2D eigenvalue weighted by molar-refractivity contribution is 7.80. The number of hydrogen-bond acceptors (Lipinski definition) is 2. The quantitative estimate of drug-likeness (QED) is 0.705. The third kappa shape index (κ3) is 4.36. The van der Waals surface area contributed by atoms with Crippen LogP contribution in [0.2, 0.25) is 0 Å². The molecule has 0 aromatic carbocycles. The Balaban J connectivity index is 2.28. The molecule has 1 heterocycles. The maximum absolute atomic E-state index is 4.30. The van der Waals surface area contributed by atoms with Gasteiger partial charge in [-0.05, 0) is 57.7 Å². The number of thiol groups is 1. The second kappa shape index (κ2) is 6.80. The standard InChI is InChI=1S/C13H27NS/c1-11(8-10-15)7-9-14-12(2)5-4-6-13(14)3/h11-13,15H,4-10H2,1-3H3/t11?,12-,13+. The summed E-state index contributed by atoms with van der Waals surface area (Å²) in [5.41, 5.74) is 0. The maximum Gasteiger partial charge on any atom is 0.00697 e. The average molecular weight is 229 g/mol. The average Bonchev–Trinajstić information content (AvgIpc) is 2.17. The van der Waals surface area contributed by atoms with Crippen molar-refractivity contribution < 1.29 is 0 Å². The minimum absolute atomic E-state index is 0.803. The van der Waals surface area contributed by atoms with E-state index in [1.807, 2.05) is 0 Å². The Hall–Kier alpha value is 0.310. The second-order valence-corrected chi connectivity index (χ2v) is 5.72. The normalized spacial score (nSPS) is 30.4. The van der Waals surface area contributed by atoms with E-state index in [2.05, 4.69) is 38.3 Å². The fraction of sp³-hybridized carbons (Fsp3) is 1.00. The molecule has 2 heteroatoms. The summed E-state index contributed by atoms with van der Waals surface area (Å²) >= 11 is 4.30. The number of likely N-dealkylation sites (tertiary alicyclic amines) is 1. The van der Waals surface area contributed by atoms with E-state index in [9.17, 15) is 0 Å². The minimum Gasteiger partial charge on any atom is -0.298 e. The van der Waals surface area contributed by atoms with Crippen LogP contribution >= 0.6 is 12.6 Å². The highest BCUT2D eigenvalue weighted by Gasteiger charge is 2.24. The zero-order chi connectivity index (χ0) is 11.3. The van der Waals surface area contributed by atoms with Gasteiger partial charge in [-0.1, -0.05) is 13.3 Å². The highest BCUT2D eigenvalue weighted by Crippen LogP contribution is 2.23. The van der Waals surface area contributed by atoms with Gasteiger partial charge in [0.05, 0.1) is 0 Å². The first kappa shape index (κ1) is 13.4. The maximum atomic E-state index is 4.30. The van der Waals surface area contributed by atoms with Gasteiger partial charge in [-0.3, -0.25) is 4.90 Å². The molecule has 0 amide bonds. The molecule has 0 saturated carbocycles. The van der Waals surface area contributed by atoms with Gasteiger partial charge >= 0.3 is 0 Å². The van der Waals surface area contributed by atoms with Crippen LogP contribution in [0.1, 0.15) is 52.9 Å². The Labute approximate surface area is 101 Å². The van der Waals surface area contributed by atoms with Crippen LogP contribution in [0.25, 0.3) is 0 Å². The number of hydrogen-bond donors (Lipinski definition) is 1. The highest BCUT2D eigenvalue weighted by atomic mass is 32.1. The van der Waals surface area contributed by atoms with Gasteiger partial charge in [0, 0.05) is 12.1 Å². The fourth-order valence-corrected chi connectivity index (χ4v) is 3.09. The Morgan fingerprint density at radius 1 is 1.20 bits per heavy atom. The molecule has 0 radical (unpaired) electrons. The van der Waals surface area contributed by atoms with Crippen LogP contribution in [-0.4, -0.2) is 29.3 Å². The van der Waals surface area contributed by atoms with Crippen LogP contribution in [0.5, 0.6) is 0 Å². The fourth-order valence-electron chi connectivity index (χ4n) is 2.65. The zero-order valence-electron chi connectivity index (χ0n) is 10.6. The van der Waals surface area contributed by atoms with Crippen molar-refractivity contribution in [2.24, 2.45) is 5.92 Å². The van der Waals surface area contributed by atoms with Crippen molar-refractivity contribution in [3.8, 4) is 0 Å². The third-order valence-electron chi connectivity index (χ3n) is 3.88. The molecule has 15 heavy (non-hydrogen) atoms. The molecule has 0 aliphatic carbocycles. The summed E-state index contributed by atoms with van der Waals surface area (Å²) in [6.07, 6.45) is 6.82. The van der Waals surface area contributed by atoms with Crippen molar-refractivity contribution >= 4 is 12.6 Å². The first-order valence-electron chi connectivity index (χ1n) is 6.51. The van der Waals surface area contributed by atoms with Crippen molar-refractivity contribution in [3.63, 3.8) is 0 Å². The number of nitrogens with zero attached hydrogens (tertiary/aromatic N) is 1. The van der Waals surface area contributed by atoms with Crippen molar-refractivity contribution in [2.45, 2.75) is 65.0 Å². The lowest BCUT2D eigenvalue weighted by atomic mass is 9.96. The van der Waals surface area contributed by atoms with Gasteiger partial charge in [0.2, 0.25) is 0 Å². The lowest BCUT2D eigenvalue weighted by Gasteiger charge is -2.39. The van der Waals surface area contributed by atoms with Crippen molar-refractivity contribution in [1.82, 2.24) is 4.90 Å². The van der Waals surface area contributed by atoms with Gasteiger partial charge in [-0.2, -0.15) is 12.6 Å². The van der Waals surface area contributed by atoms with E-state index in [1.165, 1.54) is 38.6 Å². The number of piperidine rings is 1. The Bertz CT molecular complexity index is 162. The van der Waals surface area contributed by atoms with Crippen molar-refractivity contribution in [1.29, 1.82) is 0 Å². The van der Waals surface area contributed by atoms with Crippen molar-refractivity contribution in [2.75, 3.05) is 12.3 Å². The van der Waals surface area contributed by atoms with E-state index in [1.54, 1.807) is 0 Å². The molecule has 0 aromatic rings. The molecular formula is C13H27NS. The van der Waals surface area contributed by atoms with Crippen LogP contribution < -0.4 is 0 Å². The molecule has 1 unspecified atom stereocenters. The molecular weight excluding hydrogens is 202 g/mol. The van der Waals surface area contributed by atoms with Crippen LogP contribution in [0.4, 0.5) is 0 Å². The predicted molar refractivity (Wildman–Crippen MR) is 71.7 cm³/mol. The molecule has 1 rings (SSSR count). The topological polar surface area (TPSA) is 3.24 Å². The third-order valence-corrected chi connectivity index (χ3v) is 4.14. The number of rotatable bonds is 5. The van der Waals surface area contributed by atoms with Crippen LogP contribution in [0.15, 0.2) is 0 Å². The summed E-state index contributed by atoms with van der Waals surface area (Å²) in [6, 6.07) is 1.61. The SMILES string of the molecule is CC(CCS)CCN1[C@H](C)CCC[C@@H]1C. The van der Waals surface area contributed by atoms with Gasteiger partial charge in [0.25, 0.3) is 0 Å². The van der Waals surface area contributed by atoms with E-state index in [-0.39, 0.29) is 0 Å². The van der Waals surface area contributed by atoms with E-state index in [0.29, 0.717) is 0 Å². The molecule has 0 aromatic heterocycles. The predicted octanol–water partition coefficient (Wildman–Crippen LogP) is 3.60. The monoisotopic (exact) mass is 229 g/mol. The van der Waals surface area contributed by atoms with E-state index in [4.69, 9.17) is 0 Å². The lowest BCUT2D eigenvalue weighted by molar-refractivity contribution is 0.0967. The molecule has 1 aliphatic rings. The Morgan fingerprint density at radius 3 is 2.33 bits per heavy atom. The van der Waals surface area contributed by atoms with Crippen molar-refractivity contribution in [3.05, 3.63) is 0 Å². The molecule has 0 N–H and O–H groups in total. The molecule has 1 saturated heterocycles. The molecule has 3 atom stereocenters. The summed E-state index contributed by atoms with van der Waals surface area (Å²) in [4.78, 5) is 2.71. The van der Waals surface area contributed by atoms with Gasteiger partial charge in [0.15, 0.2) is 0 Å². The first-order chi connectivity index (χ1) is 7.15. The van der Waals surface area contributed by atoms with Crippen LogP contribution in [0, 0.1) is 5.92 Å². The van der Waals surface area contributed by atoms with E-state index >= 15 is 0 Å². The van der Waals surface area contributed by atoms with Gasteiger partial charge in [0.1, 0.15) is 0 Å². The largest absolute Gasteiger partial charge is 0.298 e. The summed E-state index contributed by atoms with van der Waals surface area (Å²) < 4.78 is 0. The molecule has 0 bridgehead atoms. The van der Waals surface area contributed by atoms with Crippen LogP contribution in [-0.2, 0) is 0 Å². The lowest BCUT2D eigenvalue weighted by Crippen LogP contribution is -2.44. The zero-order valence-corrected chi connectivity index (χ0v) is 11.5. The summed E-state index contributed by atoms with van der Waals surface area (Å²) in [5.74, 6) is 1.87. The van der Waals surface area contributed by atoms with Crippen LogP contribution in [0.3, 0.4) is 0 Å². The van der Waals surface area contributed by atoms with E-state index < -0.39 is 0 Å². The smallest absolute Gasteiger partial charge is 0.00697 e. The van der Waals surface area contributed by atoms with E-state index in [0.717, 1.165) is 23.8 Å². The molecule has 1 aliphatic heterocycles. The summed E-state index contributed by atoms with van der Waals surface area (Å²) in [7, 11) is 0. The summed E-state index contributed by atoms with van der Waals surface area (Å²) in [6.45, 7) is 8.42. The van der Waals surface area contributed by atoms with Gasteiger partial charge in [-0.15, -0.1) is 0 Å². The van der Waals surface area contributed by atoms with Gasteiger partial charge < -0.3 is 0 Å². The van der Waals surface area contributed by atoms with Gasteiger partial charge in [-0.25, -0.2) is 0 Å². The second-order valence-electron chi connectivity index (χ2n) is 5.27. The molecule has 1 nitrogen and oxygen atoms in total.